The second kappa shape index (κ2) is 3.12. The van der Waals surface area contributed by atoms with Gasteiger partial charge in [0.1, 0.15) is 0 Å². The first-order valence-electron chi connectivity index (χ1n) is 4.62. The molecule has 1 heteroatoms. The summed E-state index contributed by atoms with van der Waals surface area (Å²) in [6, 6.07) is 0. The highest BCUT2D eigenvalue weighted by Gasteiger charge is 2.23. The second-order valence-corrected chi connectivity index (χ2v) is 3.38. The van der Waals surface area contributed by atoms with Gasteiger partial charge in [0.25, 0.3) is 0 Å². The quantitative estimate of drug-likeness (QED) is 0.532. The summed E-state index contributed by atoms with van der Waals surface area (Å²) in [5, 5.41) is 0. The first-order valence-corrected chi connectivity index (χ1v) is 4.62. The van der Waals surface area contributed by atoms with Crippen LogP contribution in [0.3, 0.4) is 0 Å². The Bertz CT molecular complexity index is 242. The largest absolute Gasteiger partial charge is 0.320 e. The Hall–Kier alpha value is -1.07. The van der Waals surface area contributed by atoms with Crippen LogP contribution in [0.4, 0.5) is 0 Å². The molecule has 0 amide bonds. The van der Waals surface area contributed by atoms with E-state index in [0.29, 0.717) is 0 Å². The maximum Gasteiger partial charge on any atom is 0.203 e. The lowest BCUT2D eigenvalue weighted by Gasteiger charge is -2.16. The van der Waals surface area contributed by atoms with Crippen LogP contribution in [0.1, 0.15) is 19.3 Å². The number of hydrogen-bond acceptors (Lipinski definition) is 1. The summed E-state index contributed by atoms with van der Waals surface area (Å²) in [7, 11) is 0. The van der Waals surface area contributed by atoms with E-state index in [4.69, 9.17) is 6.58 Å². The Morgan fingerprint density at radius 1 is 1.25 bits per heavy atom. The number of likely N-dealkylation sites (tertiary alicyclic amines) is 1. The van der Waals surface area contributed by atoms with Crippen LogP contribution in [0, 0.1) is 6.58 Å². The zero-order chi connectivity index (χ0) is 8.39. The minimum atomic E-state index is 0.933. The van der Waals surface area contributed by atoms with Crippen molar-refractivity contribution >= 4 is 0 Å². The minimum Gasteiger partial charge on any atom is -0.320 e. The van der Waals surface area contributed by atoms with Crippen molar-refractivity contribution in [3.8, 4) is 0 Å². The zero-order valence-electron chi connectivity index (χ0n) is 7.29. The van der Waals surface area contributed by atoms with E-state index in [0.717, 1.165) is 12.0 Å². The third-order valence-electron chi connectivity index (χ3n) is 2.49. The molecule has 0 unspecified atom stereocenters. The maximum absolute atomic E-state index is 5.88. The normalized spacial score (nSPS) is 23.1. The first kappa shape index (κ1) is 7.57. The Morgan fingerprint density at radius 3 is 2.67 bits per heavy atom. The van der Waals surface area contributed by atoms with Gasteiger partial charge in [0.05, 0.1) is 6.08 Å². The first-order chi connectivity index (χ1) is 5.88. The van der Waals surface area contributed by atoms with Gasteiger partial charge in [0, 0.05) is 32.2 Å². The van der Waals surface area contributed by atoms with E-state index in [-0.39, 0.29) is 0 Å². The third-order valence-corrected chi connectivity index (χ3v) is 2.49. The molecular weight excluding hydrogens is 146 g/mol. The van der Waals surface area contributed by atoms with E-state index < -0.39 is 0 Å². The van der Waals surface area contributed by atoms with Crippen molar-refractivity contribution in [2.24, 2.45) is 0 Å². The number of allylic oxidation sites excluding steroid dienone is 3. The predicted octanol–water partition coefficient (Wildman–Crippen LogP) is 2.29. The molecule has 0 aromatic carbocycles. The van der Waals surface area contributed by atoms with Gasteiger partial charge < -0.3 is 4.90 Å². The summed E-state index contributed by atoms with van der Waals surface area (Å²) in [5.41, 5.74) is 2.19. The highest BCUT2D eigenvalue weighted by Crippen LogP contribution is 2.23. The van der Waals surface area contributed by atoms with E-state index in [2.05, 4.69) is 17.1 Å². The van der Waals surface area contributed by atoms with E-state index >= 15 is 0 Å². The average Bonchev–Trinajstić information content (AvgIpc) is 2.57. The summed E-state index contributed by atoms with van der Waals surface area (Å²) >= 11 is 0. The molecular formula is C11H14N+. The van der Waals surface area contributed by atoms with E-state index in [1.807, 2.05) is 6.08 Å². The molecule has 1 aliphatic heterocycles. The van der Waals surface area contributed by atoms with Crippen molar-refractivity contribution in [2.75, 3.05) is 13.1 Å². The molecule has 0 saturated carbocycles. The van der Waals surface area contributed by atoms with Gasteiger partial charge in [0.15, 0.2) is 5.70 Å². The molecule has 1 nitrogen and oxygen atoms in total. The predicted molar refractivity (Wildman–Crippen MR) is 50.5 cm³/mol. The number of nitrogens with zero attached hydrogens (tertiary/aromatic N) is 1. The third kappa shape index (κ3) is 1.28. The van der Waals surface area contributed by atoms with Crippen LogP contribution in [0.25, 0.3) is 0 Å². The molecule has 0 N–H and O–H groups in total. The molecule has 62 valence electrons. The minimum absolute atomic E-state index is 0.933. The van der Waals surface area contributed by atoms with Crippen LogP contribution < -0.4 is 0 Å². The summed E-state index contributed by atoms with van der Waals surface area (Å²) in [6.07, 6.45) is 10.0. The molecule has 0 radical (unpaired) electrons. The molecule has 2 rings (SSSR count). The van der Waals surface area contributed by atoms with Crippen LogP contribution in [0.5, 0.6) is 0 Å². The Labute approximate surface area is 74.1 Å². The summed E-state index contributed by atoms with van der Waals surface area (Å²) in [5.74, 6) is 0. The molecule has 0 aromatic heterocycles. The second-order valence-electron chi connectivity index (χ2n) is 3.38. The van der Waals surface area contributed by atoms with Gasteiger partial charge in [-0.25, -0.2) is 0 Å². The zero-order valence-corrected chi connectivity index (χ0v) is 7.29. The van der Waals surface area contributed by atoms with E-state index in [1.54, 1.807) is 0 Å². The monoisotopic (exact) mass is 160 g/mol. The molecule has 1 saturated heterocycles. The fourth-order valence-corrected chi connectivity index (χ4v) is 1.85. The van der Waals surface area contributed by atoms with Gasteiger partial charge in [-0.1, -0.05) is 0 Å². The molecule has 12 heavy (non-hydrogen) atoms. The van der Waals surface area contributed by atoms with E-state index in [9.17, 15) is 0 Å². The van der Waals surface area contributed by atoms with Gasteiger partial charge in [-0.3, -0.25) is 0 Å². The fourth-order valence-electron chi connectivity index (χ4n) is 1.85. The molecule has 0 aromatic rings. The van der Waals surface area contributed by atoms with Gasteiger partial charge in [0.2, 0.25) is 5.57 Å². The van der Waals surface area contributed by atoms with Crippen molar-refractivity contribution in [1.82, 2.24) is 4.90 Å². The molecule has 0 atom stereocenters. The van der Waals surface area contributed by atoms with Gasteiger partial charge >= 0.3 is 0 Å². The maximum atomic E-state index is 5.88. The molecule has 2 aliphatic rings. The SMILES string of the molecule is [CH+]=C1C=CCC=C1N1CCCC1. The smallest absolute Gasteiger partial charge is 0.203 e. The fraction of sp³-hybridized carbons (Fsp3) is 0.455. The molecule has 1 aliphatic carbocycles. The molecule has 1 heterocycles. The molecule has 1 fully saturated rings. The van der Waals surface area contributed by atoms with Crippen molar-refractivity contribution in [1.29, 1.82) is 0 Å². The highest BCUT2D eigenvalue weighted by atomic mass is 15.1. The van der Waals surface area contributed by atoms with Crippen LogP contribution in [-0.4, -0.2) is 18.0 Å². The van der Waals surface area contributed by atoms with Crippen LogP contribution >= 0.6 is 0 Å². The summed E-state index contributed by atoms with van der Waals surface area (Å²) < 4.78 is 0. The van der Waals surface area contributed by atoms with E-state index in [1.165, 1.54) is 31.6 Å². The van der Waals surface area contributed by atoms with Crippen molar-refractivity contribution < 1.29 is 0 Å². The topological polar surface area (TPSA) is 3.24 Å². The average molecular weight is 160 g/mol. The Kier molecular flexibility index (Phi) is 1.97. The summed E-state index contributed by atoms with van der Waals surface area (Å²) in [4.78, 5) is 2.39. The number of rotatable bonds is 1. The van der Waals surface area contributed by atoms with Crippen molar-refractivity contribution in [3.05, 3.63) is 36.1 Å². The molecule has 0 bridgehead atoms. The van der Waals surface area contributed by atoms with Crippen LogP contribution in [-0.2, 0) is 0 Å². The number of hydrogen-bond donors (Lipinski definition) is 0. The van der Waals surface area contributed by atoms with Crippen LogP contribution in [0.2, 0.25) is 0 Å². The standard InChI is InChI=1S/C11H14N/c1-10-6-2-3-7-11(10)12-8-4-5-9-12/h1-2,6-7H,3-5,8-9H2/q+1. The Morgan fingerprint density at radius 2 is 2.00 bits per heavy atom. The van der Waals surface area contributed by atoms with Gasteiger partial charge in [-0.15, -0.1) is 0 Å². The summed E-state index contributed by atoms with van der Waals surface area (Å²) in [6.45, 7) is 8.24. The highest BCUT2D eigenvalue weighted by molar-refractivity contribution is 5.39. The van der Waals surface area contributed by atoms with Gasteiger partial charge in [-0.2, -0.15) is 0 Å². The van der Waals surface area contributed by atoms with Crippen molar-refractivity contribution in [3.63, 3.8) is 0 Å². The van der Waals surface area contributed by atoms with Crippen LogP contribution in [0.15, 0.2) is 29.5 Å². The lowest BCUT2D eigenvalue weighted by atomic mass is 10.1. The Balaban J connectivity index is 2.11. The lowest BCUT2D eigenvalue weighted by molar-refractivity contribution is 0.434. The molecule has 0 spiro atoms. The van der Waals surface area contributed by atoms with Gasteiger partial charge in [-0.05, 0) is 18.9 Å². The lowest BCUT2D eigenvalue weighted by Crippen LogP contribution is -2.20. The van der Waals surface area contributed by atoms with Crippen molar-refractivity contribution in [2.45, 2.75) is 19.3 Å².